The third-order valence-electron chi connectivity index (χ3n) is 12.4. The number of aliphatic hydroxyl groups is 3. The van der Waals surface area contributed by atoms with Crippen molar-refractivity contribution in [3.8, 4) is 11.5 Å². The van der Waals surface area contributed by atoms with Gasteiger partial charge in [0, 0.05) is 17.6 Å². The van der Waals surface area contributed by atoms with Crippen LogP contribution in [0.1, 0.15) is 69.3 Å². The Balaban J connectivity index is 1.35. The average Bonchev–Trinajstić information content (AvgIpc) is 3.97. The highest BCUT2D eigenvalue weighted by Gasteiger charge is 2.53. The monoisotopic (exact) mass is 968 g/mol. The Morgan fingerprint density at radius 2 is 1.79 bits per heavy atom. The molecule has 0 unspecified atom stereocenters. The van der Waals surface area contributed by atoms with Crippen molar-refractivity contribution in [3.05, 3.63) is 75.9 Å². The van der Waals surface area contributed by atoms with E-state index in [0.29, 0.717) is 33.4 Å². The molecule has 2 amide bonds. The number of phenols is 1. The minimum absolute atomic E-state index is 0.234. The molecule has 2 aliphatic carbocycles. The molecule has 0 radical (unpaired) electrons. The van der Waals surface area contributed by atoms with Crippen LogP contribution < -0.4 is 26.4 Å². The summed E-state index contributed by atoms with van der Waals surface area (Å²) in [5.41, 5.74) is 5.45. The Morgan fingerprint density at radius 3 is 2.46 bits per heavy atom. The molecule has 366 valence electrons. The van der Waals surface area contributed by atoms with Crippen molar-refractivity contribution in [3.63, 3.8) is 0 Å². The molecule has 0 saturated carbocycles. The second-order valence-electron chi connectivity index (χ2n) is 16.8. The molecule has 68 heavy (non-hydrogen) atoms. The Hall–Kier alpha value is -6.05. The minimum atomic E-state index is -1.94. The first kappa shape index (κ1) is 49.8. The van der Waals surface area contributed by atoms with E-state index in [1.54, 1.807) is 43.3 Å². The van der Waals surface area contributed by atoms with Crippen LogP contribution in [-0.2, 0) is 48.5 Å². The number of carboxylic acid groups (broad SMARTS) is 2. The summed E-state index contributed by atoms with van der Waals surface area (Å²) in [5.74, 6) is -5.99. The molecule has 2 saturated heterocycles. The average molecular weight is 969 g/mol. The first-order valence-electron chi connectivity index (χ1n) is 21.4. The topological polar surface area (TPSA) is 341 Å². The number of aliphatic carboxylic acids is 2. The highest BCUT2D eigenvalue weighted by Crippen LogP contribution is 2.54. The summed E-state index contributed by atoms with van der Waals surface area (Å²) in [6.07, 6.45) is -7.78. The predicted octanol–water partition coefficient (Wildman–Crippen LogP) is 0.616. The fraction of sp³-hybridized carbons (Fsp3) is 0.467. The van der Waals surface area contributed by atoms with Gasteiger partial charge in [-0.05, 0) is 90.9 Å². The Bertz CT molecular complexity index is 2520. The molecular weight excluding hydrogens is 917 g/mol. The summed E-state index contributed by atoms with van der Waals surface area (Å²) in [4.78, 5) is 76.7. The van der Waals surface area contributed by atoms with E-state index in [-0.39, 0.29) is 35.3 Å². The van der Waals surface area contributed by atoms with Gasteiger partial charge in [0.25, 0.3) is 0 Å². The van der Waals surface area contributed by atoms with Crippen molar-refractivity contribution in [2.75, 3.05) is 33.1 Å². The number of nitrogens with two attached hydrogens (primary N) is 1. The third-order valence-corrected chi connectivity index (χ3v) is 13.8. The van der Waals surface area contributed by atoms with Crippen molar-refractivity contribution in [1.29, 1.82) is 0 Å². The second kappa shape index (κ2) is 20.3. The Labute approximate surface area is 392 Å². The van der Waals surface area contributed by atoms with Crippen molar-refractivity contribution >= 4 is 64.5 Å². The zero-order valence-corrected chi connectivity index (χ0v) is 37.9. The number of thioether (sulfide) groups is 1. The van der Waals surface area contributed by atoms with Gasteiger partial charge in [-0.3, -0.25) is 19.2 Å². The van der Waals surface area contributed by atoms with Gasteiger partial charge >= 0.3 is 24.1 Å². The number of likely N-dealkylation sites (N-methyl/N-ethyl adjacent to an activating group) is 1. The van der Waals surface area contributed by atoms with E-state index in [1.807, 2.05) is 0 Å². The number of esters is 1. The molecule has 4 aliphatic rings. The molecule has 12 atom stereocenters. The van der Waals surface area contributed by atoms with Crippen LogP contribution in [0.4, 0.5) is 4.79 Å². The van der Waals surface area contributed by atoms with Gasteiger partial charge in [0.1, 0.15) is 72.3 Å². The number of hydrogen-bond donors (Lipinski definition) is 10. The first-order valence-corrected chi connectivity index (χ1v) is 22.5. The van der Waals surface area contributed by atoms with Crippen molar-refractivity contribution in [2.24, 2.45) is 5.73 Å². The number of nitrogens with one attached hydrogen (secondary N) is 3. The number of benzene rings is 3. The fourth-order valence-electron chi connectivity index (χ4n) is 8.77. The summed E-state index contributed by atoms with van der Waals surface area (Å²) in [7, 11) is 2.94. The summed E-state index contributed by atoms with van der Waals surface area (Å²) in [6, 6.07) is 5.49. The van der Waals surface area contributed by atoms with E-state index >= 15 is 0 Å². The normalized spacial score (nSPS) is 27.9. The van der Waals surface area contributed by atoms with Gasteiger partial charge in [-0.1, -0.05) is 18.2 Å². The van der Waals surface area contributed by atoms with Gasteiger partial charge in [-0.15, -0.1) is 11.8 Å². The van der Waals surface area contributed by atoms with Crippen molar-refractivity contribution in [1.82, 2.24) is 16.0 Å². The zero-order valence-electron chi connectivity index (χ0n) is 37.1. The molecule has 3 aromatic carbocycles. The number of fused-ring (bicyclic) bond motifs is 3. The lowest BCUT2D eigenvalue weighted by molar-refractivity contribution is -0.281. The number of carbonyl (C=O) groups excluding carboxylic acids is 4. The van der Waals surface area contributed by atoms with Crippen molar-refractivity contribution < 1.29 is 87.8 Å². The summed E-state index contributed by atoms with van der Waals surface area (Å²) in [5, 5.41) is 71.4. The Morgan fingerprint density at radius 1 is 1.04 bits per heavy atom. The van der Waals surface area contributed by atoms with Crippen LogP contribution in [0.15, 0.2) is 42.5 Å². The zero-order chi connectivity index (χ0) is 49.4. The number of phenolic OH excluding ortho intramolecular Hbond substituents is 1. The number of hydrogen-bond acceptors (Lipinski definition) is 19. The second-order valence-corrected chi connectivity index (χ2v) is 18.0. The number of cyclic esters (lactones) is 2. The van der Waals surface area contributed by atoms with Crippen LogP contribution in [0.3, 0.4) is 0 Å². The minimum Gasteiger partial charge on any atom is -0.507 e. The molecule has 23 heteroatoms. The number of aryl methyl sites for hydroxylation is 1. The summed E-state index contributed by atoms with van der Waals surface area (Å²) >= 11 is 0.943. The molecule has 11 N–H and O–H groups in total. The van der Waals surface area contributed by atoms with Gasteiger partial charge in [0.15, 0.2) is 12.4 Å². The highest BCUT2D eigenvalue weighted by atomic mass is 32.2. The van der Waals surface area contributed by atoms with E-state index in [9.17, 15) is 59.4 Å². The molecular formula is C45H52N4O18S. The van der Waals surface area contributed by atoms with Crippen LogP contribution in [-0.4, -0.2) is 155 Å². The smallest absolute Gasteiger partial charge is 0.507 e. The number of ether oxygens (including phenoxy) is 6. The number of carboxylic acids is 2. The number of carbonyl (C=O) groups is 6. The molecule has 0 bridgehead atoms. The number of amides is 2. The SMILES string of the molecule is CN[C@H]1[C@@H](O[C@@H]2c3cc4c(cc3[C@H](SC[C@H](NC(=O)CC[C@@H](N)C(=O)O)C(=O)NCC(=O)O)[C@H]2OC(=O)c2c(O)ccc3c(C)cc(OC)cc23)[C@@](O)([C@H]2COC(=O)O2)C=C4)O[C@H](C)[C@H](O)[C@@H]1O. The van der Waals surface area contributed by atoms with E-state index in [4.69, 9.17) is 34.2 Å². The van der Waals surface area contributed by atoms with E-state index in [1.165, 1.54) is 33.2 Å². The van der Waals surface area contributed by atoms with E-state index < -0.39 is 126 Å². The Kier molecular flexibility index (Phi) is 14.9. The lowest BCUT2D eigenvalue weighted by atomic mass is 9.88. The van der Waals surface area contributed by atoms with Crippen LogP contribution >= 0.6 is 11.8 Å². The highest BCUT2D eigenvalue weighted by molar-refractivity contribution is 7.99. The van der Waals surface area contributed by atoms with Crippen molar-refractivity contribution in [2.45, 2.75) is 98.6 Å². The maximum absolute atomic E-state index is 14.8. The lowest BCUT2D eigenvalue weighted by Gasteiger charge is -2.42. The molecule has 0 spiro atoms. The number of aliphatic hydroxyl groups excluding tert-OH is 2. The standard InChI is InChI=1S/C45H52N4O18S/c1-18-11-21(62-4)13-23-22(18)5-7-29(50)33(23)42(59)66-38-37(67-43-34(47-3)36(55)35(54)19(2)64-43)24-12-20-9-10-45(61,30-16-63-44(60)65-30)26(20)14-25(24)39(38)68-17-28(40(56)48-15-32(52)53)49-31(51)8-6-27(46)41(57)58/h5,7,9-14,19,27-28,30,34-39,43,47,50,54-55,61H,6,8,15-17,46H2,1-4H3,(H,48,56)(H,49,51)(H,52,53)(H,57,58)/t19-,27-,28+,30-,34-,35+,36-,37-,38+,39+,43-,45-/m1/s1. The maximum Gasteiger partial charge on any atom is 0.508 e. The van der Waals surface area contributed by atoms with Crippen LogP contribution in [0, 0.1) is 6.92 Å². The summed E-state index contributed by atoms with van der Waals surface area (Å²) in [6.45, 7) is 2.17. The molecule has 22 nitrogen and oxygen atoms in total. The van der Waals surface area contributed by atoms with Gasteiger partial charge in [-0.25, -0.2) is 9.59 Å². The van der Waals surface area contributed by atoms with Crippen LogP contribution in [0.25, 0.3) is 16.8 Å². The lowest BCUT2D eigenvalue weighted by Crippen LogP contribution is -2.62. The summed E-state index contributed by atoms with van der Waals surface area (Å²) < 4.78 is 35.1. The molecule has 3 aromatic rings. The predicted molar refractivity (Wildman–Crippen MR) is 237 cm³/mol. The molecule has 7 rings (SSSR count). The number of rotatable bonds is 18. The van der Waals surface area contributed by atoms with E-state index in [0.717, 1.165) is 11.8 Å². The van der Waals surface area contributed by atoms with Gasteiger partial charge in [0.05, 0.1) is 24.5 Å². The van der Waals surface area contributed by atoms with Gasteiger partial charge in [-0.2, -0.15) is 0 Å². The molecule has 2 fully saturated rings. The largest absolute Gasteiger partial charge is 0.508 e. The quantitative estimate of drug-likeness (QED) is 0.0781. The number of aromatic hydroxyl groups is 1. The first-order chi connectivity index (χ1) is 32.3. The maximum atomic E-state index is 14.8. The third kappa shape index (κ3) is 9.92. The van der Waals surface area contributed by atoms with Crippen LogP contribution in [0.5, 0.6) is 11.5 Å². The van der Waals surface area contributed by atoms with E-state index in [2.05, 4.69) is 16.0 Å². The fourth-order valence-corrected chi connectivity index (χ4v) is 10.2. The molecule has 2 aliphatic heterocycles. The van der Waals surface area contributed by atoms with Crippen LogP contribution in [0.2, 0.25) is 0 Å². The van der Waals surface area contributed by atoms with Gasteiger partial charge < -0.3 is 80.7 Å². The van der Waals surface area contributed by atoms with Gasteiger partial charge in [0.2, 0.25) is 11.8 Å². The molecule has 2 heterocycles. The number of methoxy groups -OCH3 is 1. The molecule has 0 aromatic heterocycles.